The fraction of sp³-hybridized carbons (Fsp3) is 0.583. The predicted molar refractivity (Wildman–Crippen MR) is 77.8 cm³/mol. The lowest BCUT2D eigenvalue weighted by Crippen LogP contribution is -2.24. The van der Waals surface area contributed by atoms with Gasteiger partial charge in [-0.05, 0) is 5.75 Å². The maximum atomic E-state index is 9.84. The molecule has 21 heavy (non-hydrogen) atoms. The van der Waals surface area contributed by atoms with Gasteiger partial charge >= 0.3 is 0 Å². The topological polar surface area (TPSA) is 119 Å². The Bertz CT molecular complexity index is 649. The van der Waals surface area contributed by atoms with Crippen LogP contribution < -0.4 is 5.73 Å². The van der Waals surface area contributed by atoms with E-state index in [0.29, 0.717) is 28.6 Å². The van der Waals surface area contributed by atoms with Crippen molar-refractivity contribution in [1.82, 2.24) is 19.5 Å². The molecule has 1 fully saturated rings. The zero-order valence-electron chi connectivity index (χ0n) is 11.5. The largest absolute Gasteiger partial charge is 0.394 e. The lowest BCUT2D eigenvalue weighted by Gasteiger charge is -2.13. The number of hydrogen-bond acceptors (Lipinski definition) is 8. The first kappa shape index (κ1) is 14.5. The van der Waals surface area contributed by atoms with Gasteiger partial charge in [-0.1, -0.05) is 18.7 Å². The normalized spacial score (nSPS) is 25.8. The second-order valence-electron chi connectivity index (χ2n) is 4.76. The lowest BCUT2D eigenvalue weighted by atomic mass is 10.2. The molecule has 8 nitrogen and oxygen atoms in total. The third-order valence-corrected chi connectivity index (χ3v) is 4.13. The molecule has 4 N–H and O–H groups in total. The van der Waals surface area contributed by atoms with E-state index < -0.39 is 18.4 Å². The fourth-order valence-electron chi connectivity index (χ4n) is 2.37. The summed E-state index contributed by atoms with van der Waals surface area (Å²) in [7, 11) is 0. The molecule has 1 aliphatic heterocycles. The SMILES string of the molecule is CCSc1nc(N)c2ncn([C@H]3C[C@H](O)[C@@H](CO)O3)c2n1. The molecule has 3 heterocycles. The van der Waals surface area contributed by atoms with Gasteiger partial charge in [-0.3, -0.25) is 4.57 Å². The highest BCUT2D eigenvalue weighted by Crippen LogP contribution is 2.32. The standard InChI is InChI=1S/C12H17N5O3S/c1-2-21-12-15-10(13)9-11(16-12)17(5-14-9)8-3-6(19)7(4-18)20-8/h5-8,18-19H,2-4H2,1H3,(H2,13,15,16)/t6-,7+,8+/m0/s1. The van der Waals surface area contributed by atoms with Crippen LogP contribution in [0.2, 0.25) is 0 Å². The lowest BCUT2D eigenvalue weighted by molar-refractivity contribution is -0.0432. The zero-order valence-corrected chi connectivity index (χ0v) is 12.3. The van der Waals surface area contributed by atoms with Crippen molar-refractivity contribution in [1.29, 1.82) is 0 Å². The van der Waals surface area contributed by atoms with Crippen LogP contribution in [-0.4, -0.2) is 54.3 Å². The molecule has 2 aromatic rings. The average molecular weight is 311 g/mol. The minimum Gasteiger partial charge on any atom is -0.394 e. The highest BCUT2D eigenvalue weighted by atomic mass is 32.2. The fourth-order valence-corrected chi connectivity index (χ4v) is 2.94. The van der Waals surface area contributed by atoms with Crippen molar-refractivity contribution in [3.8, 4) is 0 Å². The third-order valence-electron chi connectivity index (χ3n) is 3.40. The molecular formula is C12H17N5O3S. The first-order valence-electron chi connectivity index (χ1n) is 6.71. The molecule has 2 aromatic heterocycles. The van der Waals surface area contributed by atoms with Gasteiger partial charge < -0.3 is 20.7 Å². The summed E-state index contributed by atoms with van der Waals surface area (Å²) in [6.07, 6.45) is 0.234. The Morgan fingerprint density at radius 3 is 3.00 bits per heavy atom. The summed E-state index contributed by atoms with van der Waals surface area (Å²) in [4.78, 5) is 12.9. The number of rotatable bonds is 4. The minimum absolute atomic E-state index is 0.224. The maximum Gasteiger partial charge on any atom is 0.191 e. The van der Waals surface area contributed by atoms with Gasteiger partial charge in [-0.15, -0.1) is 0 Å². The van der Waals surface area contributed by atoms with Crippen LogP contribution in [0.1, 0.15) is 19.6 Å². The number of nitrogens with zero attached hydrogens (tertiary/aromatic N) is 4. The van der Waals surface area contributed by atoms with E-state index in [1.807, 2.05) is 6.92 Å². The van der Waals surface area contributed by atoms with E-state index in [0.717, 1.165) is 5.75 Å². The average Bonchev–Trinajstić information content (AvgIpc) is 3.02. The highest BCUT2D eigenvalue weighted by molar-refractivity contribution is 7.99. The Hall–Kier alpha value is -1.42. The molecule has 1 aliphatic rings. The number of anilines is 1. The van der Waals surface area contributed by atoms with Crippen LogP contribution in [0.5, 0.6) is 0 Å². The summed E-state index contributed by atoms with van der Waals surface area (Å²) in [5, 5.41) is 19.6. The Morgan fingerprint density at radius 1 is 1.52 bits per heavy atom. The molecule has 0 saturated carbocycles. The Balaban J connectivity index is 1.99. The van der Waals surface area contributed by atoms with E-state index in [-0.39, 0.29) is 6.61 Å². The monoisotopic (exact) mass is 311 g/mol. The highest BCUT2D eigenvalue weighted by Gasteiger charge is 2.35. The summed E-state index contributed by atoms with van der Waals surface area (Å²) in [6, 6.07) is 0. The number of ether oxygens (including phenoxy) is 1. The summed E-state index contributed by atoms with van der Waals surface area (Å²) in [5.74, 6) is 1.16. The van der Waals surface area contributed by atoms with Crippen LogP contribution in [0.3, 0.4) is 0 Å². The van der Waals surface area contributed by atoms with Crippen LogP contribution in [0, 0.1) is 0 Å². The summed E-state index contributed by atoms with van der Waals surface area (Å²) in [5.41, 5.74) is 7.00. The van der Waals surface area contributed by atoms with Crippen LogP contribution in [0.25, 0.3) is 11.2 Å². The number of nitrogens with two attached hydrogens (primary N) is 1. The number of nitrogen functional groups attached to an aromatic ring is 1. The molecule has 9 heteroatoms. The van der Waals surface area contributed by atoms with Crippen molar-refractivity contribution in [2.75, 3.05) is 18.1 Å². The van der Waals surface area contributed by atoms with E-state index in [1.165, 1.54) is 11.8 Å². The predicted octanol–water partition coefficient (Wildman–Crippen LogP) is 0.161. The quantitative estimate of drug-likeness (QED) is 0.539. The maximum absolute atomic E-state index is 9.84. The molecule has 0 aliphatic carbocycles. The smallest absolute Gasteiger partial charge is 0.191 e. The van der Waals surface area contributed by atoms with Crippen LogP contribution in [0.15, 0.2) is 11.5 Å². The summed E-state index contributed by atoms with van der Waals surface area (Å²) >= 11 is 1.49. The Kier molecular flexibility index (Phi) is 3.98. The first-order chi connectivity index (χ1) is 10.1. The molecule has 114 valence electrons. The molecule has 3 atom stereocenters. The van der Waals surface area contributed by atoms with E-state index in [9.17, 15) is 5.11 Å². The Morgan fingerprint density at radius 2 is 2.33 bits per heavy atom. The minimum atomic E-state index is -0.707. The van der Waals surface area contributed by atoms with Gasteiger partial charge in [0.15, 0.2) is 16.6 Å². The van der Waals surface area contributed by atoms with Gasteiger partial charge in [0.1, 0.15) is 17.8 Å². The van der Waals surface area contributed by atoms with E-state index in [1.54, 1.807) is 10.9 Å². The van der Waals surface area contributed by atoms with Gasteiger partial charge in [-0.2, -0.15) is 0 Å². The third kappa shape index (κ3) is 2.57. The molecule has 0 spiro atoms. The van der Waals surface area contributed by atoms with Crippen molar-refractivity contribution in [3.05, 3.63) is 6.33 Å². The molecule has 1 saturated heterocycles. The van der Waals surface area contributed by atoms with Crippen molar-refractivity contribution in [2.24, 2.45) is 0 Å². The van der Waals surface area contributed by atoms with Gasteiger partial charge in [0.25, 0.3) is 0 Å². The summed E-state index contributed by atoms with van der Waals surface area (Å²) in [6.45, 7) is 1.78. The first-order valence-corrected chi connectivity index (χ1v) is 7.69. The number of thioether (sulfide) groups is 1. The van der Waals surface area contributed by atoms with Crippen LogP contribution in [0.4, 0.5) is 5.82 Å². The molecule has 0 amide bonds. The second kappa shape index (κ2) is 5.76. The number of aliphatic hydroxyl groups excluding tert-OH is 2. The number of imidazole rings is 1. The van der Waals surface area contributed by atoms with Crippen LogP contribution in [-0.2, 0) is 4.74 Å². The number of fused-ring (bicyclic) bond motifs is 1. The van der Waals surface area contributed by atoms with Gasteiger partial charge in [0.05, 0.1) is 19.0 Å². The zero-order chi connectivity index (χ0) is 15.0. The van der Waals surface area contributed by atoms with E-state index in [4.69, 9.17) is 15.6 Å². The van der Waals surface area contributed by atoms with E-state index in [2.05, 4.69) is 15.0 Å². The molecule has 0 radical (unpaired) electrons. The van der Waals surface area contributed by atoms with Crippen molar-refractivity contribution < 1.29 is 14.9 Å². The van der Waals surface area contributed by atoms with Crippen molar-refractivity contribution in [2.45, 2.75) is 36.9 Å². The molecule has 0 unspecified atom stereocenters. The number of aromatic nitrogens is 4. The van der Waals surface area contributed by atoms with Gasteiger partial charge in [0, 0.05) is 6.42 Å². The Labute approximate surface area is 125 Å². The summed E-state index contributed by atoms with van der Waals surface area (Å²) < 4.78 is 7.36. The molecule has 0 aromatic carbocycles. The molecule has 3 rings (SSSR count). The van der Waals surface area contributed by atoms with Crippen LogP contribution >= 0.6 is 11.8 Å². The number of hydrogen-bond donors (Lipinski definition) is 3. The van der Waals surface area contributed by atoms with Gasteiger partial charge in [0.2, 0.25) is 0 Å². The molecular weight excluding hydrogens is 294 g/mol. The van der Waals surface area contributed by atoms with Crippen molar-refractivity contribution in [3.63, 3.8) is 0 Å². The molecule has 0 bridgehead atoms. The van der Waals surface area contributed by atoms with Gasteiger partial charge in [-0.25, -0.2) is 15.0 Å². The van der Waals surface area contributed by atoms with Crippen molar-refractivity contribution >= 4 is 28.7 Å². The second-order valence-corrected chi connectivity index (χ2v) is 5.99. The van der Waals surface area contributed by atoms with E-state index >= 15 is 0 Å². The number of aliphatic hydroxyl groups is 2.